The zero-order chi connectivity index (χ0) is 5.70. The molecule has 2 heteroatoms. The molecule has 0 N–H and O–H groups in total. The van der Waals surface area contributed by atoms with E-state index in [4.69, 9.17) is 0 Å². The van der Waals surface area contributed by atoms with Gasteiger partial charge in [0.05, 0.1) is 0 Å². The molecule has 44 valence electrons. The number of hydrogen-bond donors (Lipinski definition) is 0. The predicted octanol–water partition coefficient (Wildman–Crippen LogP) is 1.65. The molecule has 0 aliphatic carbocycles. The van der Waals surface area contributed by atoms with Gasteiger partial charge in [-0.15, -0.1) is 0 Å². The Labute approximate surface area is 58.8 Å². The Hall–Kier alpha value is 1.04. The Balaban J connectivity index is 2.99. The van der Waals surface area contributed by atoms with Crippen LogP contribution in [0.4, 0.5) is 0 Å². The summed E-state index contributed by atoms with van der Waals surface area (Å²) in [6.45, 7) is 2.29. The van der Waals surface area contributed by atoms with Gasteiger partial charge in [0.1, 0.15) is 0 Å². The Kier molecular flexibility index (Phi) is 5.95. The van der Waals surface area contributed by atoms with Gasteiger partial charge < -0.3 is 0 Å². The maximum atomic E-state index is 2.34. The van der Waals surface area contributed by atoms with Crippen molar-refractivity contribution < 1.29 is 0 Å². The fraction of sp³-hybridized carbons (Fsp3) is 1.00. The summed E-state index contributed by atoms with van der Waals surface area (Å²) in [6, 6.07) is 0. The molecule has 0 heterocycles. The van der Waals surface area contributed by atoms with Gasteiger partial charge in [-0.25, -0.2) is 0 Å². The van der Waals surface area contributed by atoms with Crippen LogP contribution in [-0.2, 0) is 0 Å². The third kappa shape index (κ3) is 3.61. The molecular weight excluding hydrogens is 218 g/mol. The van der Waals surface area contributed by atoms with Crippen LogP contribution in [0.2, 0.25) is 15.4 Å². The van der Waals surface area contributed by atoms with Crippen molar-refractivity contribution >= 4 is 29.9 Å². The van der Waals surface area contributed by atoms with Gasteiger partial charge in [0, 0.05) is 0 Å². The Morgan fingerprint density at radius 3 is 1.71 bits per heavy atom. The van der Waals surface area contributed by atoms with E-state index in [-0.39, 0.29) is 0 Å². The van der Waals surface area contributed by atoms with Crippen molar-refractivity contribution in [3.8, 4) is 0 Å². The van der Waals surface area contributed by atoms with Gasteiger partial charge in [-0.05, 0) is 0 Å². The fourth-order valence-electron chi connectivity index (χ4n) is 0.430. The molecule has 0 aromatic heterocycles. The molecule has 0 spiro atoms. The SMILES string of the molecule is CCC([Se]C)[Se]C. The first-order valence-electron chi connectivity index (χ1n) is 2.40. The Bertz CT molecular complexity index is 27.6. The van der Waals surface area contributed by atoms with E-state index in [1.807, 2.05) is 0 Å². The van der Waals surface area contributed by atoms with E-state index in [2.05, 4.69) is 18.6 Å². The van der Waals surface area contributed by atoms with E-state index in [1.165, 1.54) is 6.42 Å². The van der Waals surface area contributed by atoms with Gasteiger partial charge in [-0.2, -0.15) is 0 Å². The van der Waals surface area contributed by atoms with Crippen molar-refractivity contribution in [1.82, 2.24) is 0 Å². The number of hydrogen-bond acceptors (Lipinski definition) is 0. The van der Waals surface area contributed by atoms with Crippen LogP contribution in [0.25, 0.3) is 0 Å². The van der Waals surface area contributed by atoms with Gasteiger partial charge in [-0.1, -0.05) is 0 Å². The predicted molar refractivity (Wildman–Crippen MR) is 37.3 cm³/mol. The number of rotatable bonds is 3. The van der Waals surface area contributed by atoms with E-state index in [0.717, 1.165) is 33.6 Å². The minimum atomic E-state index is 0.920. The molecule has 0 rings (SSSR count). The van der Waals surface area contributed by atoms with Crippen LogP contribution in [0.1, 0.15) is 13.3 Å². The molecule has 0 fully saturated rings. The molecule has 0 atom stereocenters. The molecule has 0 radical (unpaired) electrons. The van der Waals surface area contributed by atoms with Crippen LogP contribution in [0, 0.1) is 0 Å². The summed E-state index contributed by atoms with van der Waals surface area (Å²) in [5.41, 5.74) is 0. The monoisotopic (exact) mass is 232 g/mol. The van der Waals surface area contributed by atoms with Crippen molar-refractivity contribution in [2.75, 3.05) is 0 Å². The molecule has 0 saturated heterocycles. The van der Waals surface area contributed by atoms with Crippen LogP contribution in [0.5, 0.6) is 0 Å². The summed E-state index contributed by atoms with van der Waals surface area (Å²) in [6.07, 6.45) is 1.41. The standard InChI is InChI=1S/C5H12Se2/c1-4-5(6-2)7-3/h5H,4H2,1-3H3. The van der Waals surface area contributed by atoms with E-state index in [1.54, 1.807) is 0 Å². The third-order valence-corrected chi connectivity index (χ3v) is 8.66. The van der Waals surface area contributed by atoms with E-state index < -0.39 is 0 Å². The molecule has 0 aliphatic rings. The molecule has 0 unspecified atom stereocenters. The Morgan fingerprint density at radius 2 is 1.71 bits per heavy atom. The second-order valence-electron chi connectivity index (χ2n) is 1.31. The fourth-order valence-corrected chi connectivity index (χ4v) is 4.33. The summed E-state index contributed by atoms with van der Waals surface area (Å²) in [5.74, 6) is 4.68. The van der Waals surface area contributed by atoms with Crippen LogP contribution in [0.15, 0.2) is 0 Å². The van der Waals surface area contributed by atoms with Crippen molar-refractivity contribution in [2.45, 2.75) is 28.7 Å². The van der Waals surface area contributed by atoms with Crippen LogP contribution in [0.3, 0.4) is 0 Å². The second kappa shape index (κ2) is 5.18. The summed E-state index contributed by atoms with van der Waals surface area (Å²) in [7, 11) is 0. The van der Waals surface area contributed by atoms with E-state index in [9.17, 15) is 0 Å². The van der Waals surface area contributed by atoms with Gasteiger partial charge in [-0.3, -0.25) is 0 Å². The van der Waals surface area contributed by atoms with E-state index >= 15 is 0 Å². The molecule has 0 bridgehead atoms. The quantitative estimate of drug-likeness (QED) is 0.646. The first-order valence-corrected chi connectivity index (χ1v) is 7.81. The molecule has 0 nitrogen and oxygen atoms in total. The average Bonchev–Trinajstić information content (AvgIpc) is 1.72. The zero-order valence-corrected chi connectivity index (χ0v) is 8.53. The molecule has 0 amide bonds. The summed E-state index contributed by atoms with van der Waals surface area (Å²) >= 11 is 1.84. The molecule has 7 heavy (non-hydrogen) atoms. The topological polar surface area (TPSA) is 0 Å². The van der Waals surface area contributed by atoms with Crippen LogP contribution < -0.4 is 0 Å². The normalized spacial score (nSPS) is 10.3. The van der Waals surface area contributed by atoms with Crippen LogP contribution in [-0.4, -0.2) is 29.9 Å². The minimum absolute atomic E-state index is 0.920. The maximum absolute atomic E-state index is 2.34. The van der Waals surface area contributed by atoms with Gasteiger partial charge >= 0.3 is 58.6 Å². The first kappa shape index (κ1) is 8.04. The van der Waals surface area contributed by atoms with Crippen molar-refractivity contribution in [3.05, 3.63) is 0 Å². The summed E-state index contributed by atoms with van der Waals surface area (Å²) in [5, 5.41) is 0. The van der Waals surface area contributed by atoms with Crippen LogP contribution >= 0.6 is 0 Å². The molecular formula is C5H12Se2. The van der Waals surface area contributed by atoms with Gasteiger partial charge in [0.2, 0.25) is 0 Å². The molecule has 0 aliphatic heterocycles. The molecule has 0 aromatic carbocycles. The van der Waals surface area contributed by atoms with Crippen molar-refractivity contribution in [2.24, 2.45) is 0 Å². The third-order valence-electron chi connectivity index (χ3n) is 0.859. The Morgan fingerprint density at radius 1 is 1.29 bits per heavy atom. The van der Waals surface area contributed by atoms with Crippen molar-refractivity contribution in [1.29, 1.82) is 0 Å². The summed E-state index contributed by atoms with van der Waals surface area (Å²) < 4.78 is 1.11. The molecule has 0 saturated carbocycles. The average molecular weight is 230 g/mol. The van der Waals surface area contributed by atoms with Gasteiger partial charge in [0.25, 0.3) is 0 Å². The van der Waals surface area contributed by atoms with E-state index in [0.29, 0.717) is 0 Å². The molecule has 0 aromatic rings. The second-order valence-corrected chi connectivity index (χ2v) is 7.19. The van der Waals surface area contributed by atoms with Crippen molar-refractivity contribution in [3.63, 3.8) is 0 Å². The zero-order valence-electron chi connectivity index (χ0n) is 5.10. The summed E-state index contributed by atoms with van der Waals surface area (Å²) in [4.78, 5) is 0. The first-order chi connectivity index (χ1) is 3.35. The van der Waals surface area contributed by atoms with Gasteiger partial charge in [0.15, 0.2) is 0 Å².